The number of nitrogens with zero attached hydrogens (tertiary/aromatic N) is 2. The van der Waals surface area contributed by atoms with Crippen molar-refractivity contribution in [3.63, 3.8) is 0 Å². The van der Waals surface area contributed by atoms with Crippen LogP contribution in [0.2, 0.25) is 0 Å². The van der Waals surface area contributed by atoms with Gasteiger partial charge in [0.15, 0.2) is 0 Å². The van der Waals surface area contributed by atoms with E-state index in [9.17, 15) is 14.4 Å². The average Bonchev–Trinajstić information content (AvgIpc) is 2.83. The van der Waals surface area contributed by atoms with Crippen LogP contribution >= 0.6 is 0 Å². The van der Waals surface area contributed by atoms with Crippen LogP contribution in [0.5, 0.6) is 0 Å². The number of carbonyl (C=O) groups excluding carboxylic acids is 3. The third kappa shape index (κ3) is 7.20. The topological polar surface area (TPSA) is 81.8 Å². The third-order valence-electron chi connectivity index (χ3n) is 5.77. The van der Waals surface area contributed by atoms with Gasteiger partial charge in [-0.1, -0.05) is 60.7 Å². The minimum atomic E-state index is -0.760. The summed E-state index contributed by atoms with van der Waals surface area (Å²) in [7, 11) is 2.02. The smallest absolute Gasteiger partial charge is 0.318 e. The van der Waals surface area contributed by atoms with Crippen molar-refractivity contribution < 1.29 is 14.4 Å². The van der Waals surface area contributed by atoms with Gasteiger partial charge in [-0.3, -0.25) is 4.79 Å². The molecule has 0 spiro atoms. The first kappa shape index (κ1) is 23.5. The van der Waals surface area contributed by atoms with E-state index in [0.29, 0.717) is 32.4 Å². The maximum atomic E-state index is 13.1. The zero-order valence-corrected chi connectivity index (χ0v) is 18.6. The average molecular weight is 437 g/mol. The molecule has 32 heavy (non-hydrogen) atoms. The van der Waals surface area contributed by atoms with Crippen LogP contribution in [-0.4, -0.2) is 73.3 Å². The van der Waals surface area contributed by atoms with Crippen LogP contribution < -0.4 is 10.6 Å². The molecule has 0 aliphatic carbocycles. The van der Waals surface area contributed by atoms with Gasteiger partial charge in [0.2, 0.25) is 5.91 Å². The fraction of sp³-hybridized carbons (Fsp3) is 0.400. The molecule has 1 fully saturated rings. The number of aldehydes is 1. The second-order valence-corrected chi connectivity index (χ2v) is 8.26. The second kappa shape index (κ2) is 12.0. The van der Waals surface area contributed by atoms with Crippen molar-refractivity contribution in [1.82, 2.24) is 20.4 Å². The Morgan fingerprint density at radius 3 is 2.09 bits per heavy atom. The van der Waals surface area contributed by atoms with Crippen LogP contribution in [0.3, 0.4) is 0 Å². The molecule has 2 N–H and O–H groups in total. The third-order valence-corrected chi connectivity index (χ3v) is 5.77. The van der Waals surface area contributed by atoms with Gasteiger partial charge in [-0.15, -0.1) is 0 Å². The first-order valence-corrected chi connectivity index (χ1v) is 11.1. The molecule has 1 aliphatic rings. The number of rotatable bonds is 9. The molecule has 1 saturated heterocycles. The number of amides is 3. The lowest BCUT2D eigenvalue weighted by Gasteiger charge is -2.33. The van der Waals surface area contributed by atoms with E-state index in [0.717, 1.165) is 30.5 Å². The Kier molecular flexibility index (Phi) is 8.80. The fourth-order valence-electron chi connectivity index (χ4n) is 3.73. The molecule has 0 aromatic heterocycles. The molecule has 3 rings (SSSR count). The fourth-order valence-corrected chi connectivity index (χ4v) is 3.73. The van der Waals surface area contributed by atoms with Gasteiger partial charge in [-0.25, -0.2) is 4.79 Å². The van der Waals surface area contributed by atoms with Gasteiger partial charge in [-0.05, 0) is 31.0 Å². The van der Waals surface area contributed by atoms with Gasteiger partial charge in [0, 0.05) is 32.6 Å². The molecular formula is C25H32N4O3. The molecular weight excluding hydrogens is 404 g/mol. The monoisotopic (exact) mass is 436 g/mol. The Morgan fingerprint density at radius 2 is 1.50 bits per heavy atom. The summed E-state index contributed by atoms with van der Waals surface area (Å²) in [4.78, 5) is 41.4. The number of benzene rings is 2. The first-order chi connectivity index (χ1) is 15.5. The second-order valence-electron chi connectivity index (χ2n) is 8.26. The van der Waals surface area contributed by atoms with E-state index in [1.54, 1.807) is 4.90 Å². The van der Waals surface area contributed by atoms with Gasteiger partial charge in [-0.2, -0.15) is 0 Å². The summed E-state index contributed by atoms with van der Waals surface area (Å²) < 4.78 is 0. The Hall–Kier alpha value is -3.19. The van der Waals surface area contributed by atoms with E-state index in [1.165, 1.54) is 0 Å². The van der Waals surface area contributed by atoms with E-state index >= 15 is 0 Å². The van der Waals surface area contributed by atoms with Crippen LogP contribution in [0.4, 0.5) is 4.79 Å². The normalized spacial score (nSPS) is 16.1. The van der Waals surface area contributed by atoms with Crippen LogP contribution in [0.25, 0.3) is 0 Å². The molecule has 1 aliphatic heterocycles. The van der Waals surface area contributed by atoms with Crippen molar-refractivity contribution in [3.8, 4) is 0 Å². The largest absolute Gasteiger partial charge is 0.345 e. The molecule has 1 heterocycles. The predicted molar refractivity (Wildman–Crippen MR) is 124 cm³/mol. The lowest BCUT2D eigenvalue weighted by molar-refractivity contribution is -0.125. The zero-order valence-electron chi connectivity index (χ0n) is 18.6. The molecule has 7 heteroatoms. The quantitative estimate of drug-likeness (QED) is 0.588. The summed E-state index contributed by atoms with van der Waals surface area (Å²) in [6.07, 6.45) is 2.31. The number of likely N-dealkylation sites (N-methyl/N-ethyl adjacent to an activating group) is 1. The minimum Gasteiger partial charge on any atom is -0.345 e. The van der Waals surface area contributed by atoms with Gasteiger partial charge in [0.05, 0.1) is 6.04 Å². The zero-order chi connectivity index (χ0) is 22.8. The highest BCUT2D eigenvalue weighted by Gasteiger charge is 2.27. The molecule has 2 aromatic rings. The molecule has 0 unspecified atom stereocenters. The van der Waals surface area contributed by atoms with Gasteiger partial charge in [0.25, 0.3) is 0 Å². The summed E-state index contributed by atoms with van der Waals surface area (Å²) >= 11 is 0. The van der Waals surface area contributed by atoms with Gasteiger partial charge in [0.1, 0.15) is 12.3 Å². The molecule has 3 amide bonds. The van der Waals surface area contributed by atoms with Crippen molar-refractivity contribution in [2.45, 2.75) is 31.3 Å². The number of piperazine rings is 1. The van der Waals surface area contributed by atoms with Crippen molar-refractivity contribution in [2.75, 3.05) is 33.2 Å². The molecule has 0 bridgehead atoms. The summed E-state index contributed by atoms with van der Waals surface area (Å²) in [5.74, 6) is -0.346. The lowest BCUT2D eigenvalue weighted by Crippen LogP contribution is -2.57. The highest BCUT2D eigenvalue weighted by molar-refractivity contribution is 5.89. The molecule has 0 saturated carbocycles. The molecule has 7 nitrogen and oxygen atoms in total. The Labute approximate surface area is 189 Å². The summed E-state index contributed by atoms with van der Waals surface area (Å²) in [6.45, 7) is 2.84. The van der Waals surface area contributed by atoms with Crippen LogP contribution in [0.1, 0.15) is 17.5 Å². The summed E-state index contributed by atoms with van der Waals surface area (Å²) in [6, 6.07) is 17.8. The SMILES string of the molecule is CN1CCN(C(=O)N[C@@H](Cc2ccccc2)C(=O)N[C@H](C=O)CCc2ccccc2)CC1. The van der Waals surface area contributed by atoms with E-state index in [2.05, 4.69) is 15.5 Å². The number of hydrogen-bond donors (Lipinski definition) is 2. The Bertz CT molecular complexity index is 867. The van der Waals surface area contributed by atoms with Gasteiger partial charge >= 0.3 is 6.03 Å². The highest BCUT2D eigenvalue weighted by atomic mass is 16.2. The Balaban J connectivity index is 1.63. The number of aryl methyl sites for hydroxylation is 1. The van der Waals surface area contributed by atoms with Crippen molar-refractivity contribution in [1.29, 1.82) is 0 Å². The van der Waals surface area contributed by atoms with Gasteiger partial charge < -0.3 is 25.2 Å². The van der Waals surface area contributed by atoms with Crippen LogP contribution in [0.15, 0.2) is 60.7 Å². The van der Waals surface area contributed by atoms with Crippen LogP contribution in [0, 0.1) is 0 Å². The molecule has 170 valence electrons. The maximum absolute atomic E-state index is 13.1. The Morgan fingerprint density at radius 1 is 0.906 bits per heavy atom. The molecule has 2 atom stereocenters. The maximum Gasteiger partial charge on any atom is 0.318 e. The summed E-state index contributed by atoms with van der Waals surface area (Å²) in [5, 5.41) is 5.72. The lowest BCUT2D eigenvalue weighted by atomic mass is 10.0. The first-order valence-electron chi connectivity index (χ1n) is 11.1. The van der Waals surface area contributed by atoms with E-state index in [-0.39, 0.29) is 11.9 Å². The standard InChI is InChI=1S/C25H32N4O3/c1-28-14-16-29(17-15-28)25(32)27-23(18-21-10-6-3-7-11-21)24(31)26-22(19-30)13-12-20-8-4-2-5-9-20/h2-11,19,22-23H,12-18H2,1H3,(H,26,31)(H,27,32)/t22-,23-/m0/s1. The van der Waals surface area contributed by atoms with E-state index in [4.69, 9.17) is 0 Å². The summed E-state index contributed by atoms with van der Waals surface area (Å²) in [5.41, 5.74) is 2.05. The number of carbonyl (C=O) groups is 3. The minimum absolute atomic E-state index is 0.249. The van der Waals surface area contributed by atoms with Crippen molar-refractivity contribution in [3.05, 3.63) is 71.8 Å². The highest BCUT2D eigenvalue weighted by Crippen LogP contribution is 2.08. The number of nitrogens with one attached hydrogen (secondary N) is 2. The van der Waals surface area contributed by atoms with Crippen molar-refractivity contribution in [2.24, 2.45) is 0 Å². The number of hydrogen-bond acceptors (Lipinski definition) is 4. The predicted octanol–water partition coefficient (Wildman–Crippen LogP) is 1.87. The van der Waals surface area contributed by atoms with Crippen molar-refractivity contribution >= 4 is 18.2 Å². The van der Waals surface area contributed by atoms with E-state index < -0.39 is 12.1 Å². The molecule has 2 aromatic carbocycles. The molecule has 0 radical (unpaired) electrons. The van der Waals surface area contributed by atoms with E-state index in [1.807, 2.05) is 67.7 Å². The number of urea groups is 1. The van der Waals surface area contributed by atoms with Crippen LogP contribution in [-0.2, 0) is 22.4 Å².